The van der Waals surface area contributed by atoms with Gasteiger partial charge in [0.2, 0.25) is 0 Å². The first-order valence-electron chi connectivity index (χ1n) is 6.74. The molecule has 20 heavy (non-hydrogen) atoms. The molecule has 0 saturated heterocycles. The molecule has 1 fully saturated rings. The first-order chi connectivity index (χ1) is 9.65. The van der Waals surface area contributed by atoms with Crippen LogP contribution in [0, 0.1) is 5.92 Å². The molecule has 1 heterocycles. The van der Waals surface area contributed by atoms with Crippen molar-refractivity contribution in [3.63, 3.8) is 0 Å². The smallest absolute Gasteiger partial charge is 0.353 e. The molecule has 1 aromatic heterocycles. The van der Waals surface area contributed by atoms with E-state index < -0.39 is 5.63 Å². The standard InChI is InChI=1S/C16H16O3S/c1-10(11-7-8-11)20-15-13(17)9-14(19-16(15)18)12-5-3-2-4-6-12/h2-6,9-11,17H,7-8H2,1H3. The summed E-state index contributed by atoms with van der Waals surface area (Å²) >= 11 is 1.42. The Morgan fingerprint density at radius 1 is 1.30 bits per heavy atom. The van der Waals surface area contributed by atoms with Crippen molar-refractivity contribution < 1.29 is 9.52 Å². The molecule has 4 heteroatoms. The minimum atomic E-state index is -0.457. The largest absolute Gasteiger partial charge is 0.506 e. The number of aromatic hydroxyl groups is 1. The molecule has 1 N–H and O–H groups in total. The van der Waals surface area contributed by atoms with Crippen LogP contribution in [0.15, 0.2) is 50.5 Å². The van der Waals surface area contributed by atoms with Crippen molar-refractivity contribution >= 4 is 11.8 Å². The molecule has 1 aromatic carbocycles. The van der Waals surface area contributed by atoms with Crippen LogP contribution in [0.3, 0.4) is 0 Å². The number of hydrogen-bond donors (Lipinski definition) is 1. The van der Waals surface area contributed by atoms with E-state index in [0.717, 1.165) is 5.56 Å². The van der Waals surface area contributed by atoms with Crippen molar-refractivity contribution in [1.82, 2.24) is 0 Å². The molecule has 0 amide bonds. The van der Waals surface area contributed by atoms with Crippen LogP contribution < -0.4 is 5.63 Å². The third kappa shape index (κ3) is 2.75. The van der Waals surface area contributed by atoms with Crippen LogP contribution in [0.5, 0.6) is 5.75 Å². The van der Waals surface area contributed by atoms with Gasteiger partial charge in [0.15, 0.2) is 0 Å². The SMILES string of the molecule is CC(Sc1c(O)cc(-c2ccccc2)oc1=O)C1CC1. The van der Waals surface area contributed by atoms with Crippen LogP contribution >= 0.6 is 11.8 Å². The Morgan fingerprint density at radius 3 is 2.60 bits per heavy atom. The Hall–Kier alpha value is -1.68. The molecule has 0 aliphatic heterocycles. The van der Waals surface area contributed by atoms with Crippen molar-refractivity contribution in [1.29, 1.82) is 0 Å². The maximum atomic E-state index is 12.1. The lowest BCUT2D eigenvalue weighted by atomic mass is 10.1. The third-order valence-corrected chi connectivity index (χ3v) is 4.90. The van der Waals surface area contributed by atoms with E-state index in [1.165, 1.54) is 30.7 Å². The third-order valence-electron chi connectivity index (χ3n) is 3.54. The van der Waals surface area contributed by atoms with Gasteiger partial charge in [-0.25, -0.2) is 4.79 Å². The Bertz CT molecular complexity index is 659. The van der Waals surface area contributed by atoms with Crippen molar-refractivity contribution in [3.8, 4) is 17.1 Å². The van der Waals surface area contributed by atoms with Crippen LogP contribution in [0.4, 0.5) is 0 Å². The van der Waals surface area contributed by atoms with Gasteiger partial charge < -0.3 is 9.52 Å². The number of hydrogen-bond acceptors (Lipinski definition) is 4. The molecular formula is C16H16O3S. The minimum Gasteiger partial charge on any atom is -0.506 e. The zero-order valence-corrected chi connectivity index (χ0v) is 12.0. The van der Waals surface area contributed by atoms with E-state index in [-0.39, 0.29) is 5.75 Å². The van der Waals surface area contributed by atoms with Gasteiger partial charge in [0.05, 0.1) is 0 Å². The van der Waals surface area contributed by atoms with Gasteiger partial charge in [0.1, 0.15) is 16.4 Å². The second kappa shape index (κ2) is 5.37. The van der Waals surface area contributed by atoms with Gasteiger partial charge in [-0.1, -0.05) is 37.3 Å². The molecule has 1 unspecified atom stereocenters. The monoisotopic (exact) mass is 288 g/mol. The van der Waals surface area contributed by atoms with Crippen LogP contribution in [0.2, 0.25) is 0 Å². The highest BCUT2D eigenvalue weighted by Crippen LogP contribution is 2.42. The predicted octanol–water partition coefficient (Wildman–Crippen LogP) is 3.90. The van der Waals surface area contributed by atoms with Crippen molar-refractivity contribution in [2.45, 2.75) is 29.9 Å². The Kier molecular flexibility index (Phi) is 3.57. The maximum Gasteiger partial charge on any atom is 0.353 e. The number of benzene rings is 1. The normalized spacial score (nSPS) is 16.1. The fourth-order valence-corrected chi connectivity index (χ4v) is 3.32. The molecule has 104 valence electrons. The Morgan fingerprint density at radius 2 is 2.00 bits per heavy atom. The molecule has 3 rings (SSSR count). The molecule has 2 aromatic rings. The highest BCUT2D eigenvalue weighted by atomic mass is 32.2. The molecule has 0 spiro atoms. The number of rotatable bonds is 4. The lowest BCUT2D eigenvalue weighted by Crippen LogP contribution is -2.07. The summed E-state index contributed by atoms with van der Waals surface area (Å²) in [6, 6.07) is 10.8. The zero-order chi connectivity index (χ0) is 14.1. The molecule has 0 bridgehead atoms. The van der Waals surface area contributed by atoms with Crippen molar-refractivity contribution in [2.75, 3.05) is 0 Å². The van der Waals surface area contributed by atoms with Crippen molar-refractivity contribution in [3.05, 3.63) is 46.8 Å². The fourth-order valence-electron chi connectivity index (χ4n) is 2.17. The van der Waals surface area contributed by atoms with Gasteiger partial charge in [-0.3, -0.25) is 0 Å². The summed E-state index contributed by atoms with van der Waals surface area (Å²) in [7, 11) is 0. The zero-order valence-electron chi connectivity index (χ0n) is 11.2. The van der Waals surface area contributed by atoms with Gasteiger partial charge >= 0.3 is 5.63 Å². The van der Waals surface area contributed by atoms with E-state index >= 15 is 0 Å². The van der Waals surface area contributed by atoms with E-state index in [1.54, 1.807) is 0 Å². The Balaban J connectivity index is 1.92. The molecular weight excluding hydrogens is 272 g/mol. The molecule has 1 aliphatic carbocycles. The van der Waals surface area contributed by atoms with Gasteiger partial charge in [-0.05, 0) is 18.8 Å². The van der Waals surface area contributed by atoms with Crippen LogP contribution in [0.25, 0.3) is 11.3 Å². The predicted molar refractivity (Wildman–Crippen MR) is 80.1 cm³/mol. The summed E-state index contributed by atoms with van der Waals surface area (Å²) in [6.45, 7) is 2.09. The second-order valence-electron chi connectivity index (χ2n) is 5.14. The fraction of sp³-hybridized carbons (Fsp3) is 0.312. The summed E-state index contributed by atoms with van der Waals surface area (Å²) in [5.41, 5.74) is 0.327. The lowest BCUT2D eigenvalue weighted by molar-refractivity contribution is 0.430. The lowest BCUT2D eigenvalue weighted by Gasteiger charge is -2.10. The quantitative estimate of drug-likeness (QED) is 0.867. The highest BCUT2D eigenvalue weighted by molar-refractivity contribution is 8.00. The summed E-state index contributed by atoms with van der Waals surface area (Å²) in [5.74, 6) is 1.07. The number of thioether (sulfide) groups is 1. The summed E-state index contributed by atoms with van der Waals surface area (Å²) < 4.78 is 5.34. The van der Waals surface area contributed by atoms with E-state index in [4.69, 9.17) is 4.42 Å². The molecule has 3 nitrogen and oxygen atoms in total. The summed E-state index contributed by atoms with van der Waals surface area (Å²) in [4.78, 5) is 12.4. The van der Waals surface area contributed by atoms with Gasteiger partial charge in [-0.2, -0.15) is 0 Å². The van der Waals surface area contributed by atoms with E-state index in [2.05, 4.69) is 6.92 Å². The second-order valence-corrected chi connectivity index (χ2v) is 6.53. The minimum absolute atomic E-state index is 0.0117. The summed E-state index contributed by atoms with van der Waals surface area (Å²) in [5, 5.41) is 10.4. The average Bonchev–Trinajstić information content (AvgIpc) is 3.28. The van der Waals surface area contributed by atoms with Crippen LogP contribution in [-0.4, -0.2) is 10.4 Å². The van der Waals surface area contributed by atoms with Gasteiger partial charge in [0.25, 0.3) is 0 Å². The first-order valence-corrected chi connectivity index (χ1v) is 7.62. The summed E-state index contributed by atoms with van der Waals surface area (Å²) in [6.07, 6.45) is 2.42. The maximum absolute atomic E-state index is 12.1. The first kappa shape index (κ1) is 13.3. The molecule has 1 saturated carbocycles. The Labute approximate surface area is 121 Å². The van der Waals surface area contributed by atoms with Gasteiger partial charge in [0, 0.05) is 16.9 Å². The van der Waals surface area contributed by atoms with E-state index in [1.807, 2.05) is 30.3 Å². The van der Waals surface area contributed by atoms with E-state index in [9.17, 15) is 9.90 Å². The topological polar surface area (TPSA) is 50.4 Å². The van der Waals surface area contributed by atoms with Crippen LogP contribution in [-0.2, 0) is 0 Å². The highest BCUT2D eigenvalue weighted by Gasteiger charge is 2.30. The van der Waals surface area contributed by atoms with Gasteiger partial charge in [-0.15, -0.1) is 11.8 Å². The van der Waals surface area contributed by atoms with E-state index in [0.29, 0.717) is 21.8 Å². The van der Waals surface area contributed by atoms with Crippen LogP contribution in [0.1, 0.15) is 19.8 Å². The average molecular weight is 288 g/mol. The molecule has 1 aliphatic rings. The van der Waals surface area contributed by atoms with Crippen molar-refractivity contribution in [2.24, 2.45) is 5.92 Å². The molecule has 0 radical (unpaired) electrons. The molecule has 1 atom stereocenters.